The smallest absolute Gasteiger partial charge is 0.333 e. The Labute approximate surface area is 174 Å². The van der Waals surface area contributed by atoms with E-state index >= 15 is 4.39 Å². The molecule has 30 heavy (non-hydrogen) atoms. The fourth-order valence-electron chi connectivity index (χ4n) is 3.25. The van der Waals surface area contributed by atoms with Gasteiger partial charge < -0.3 is 10.5 Å². The van der Waals surface area contributed by atoms with Gasteiger partial charge in [0.05, 0.1) is 17.8 Å². The number of rotatable bonds is 5. The van der Waals surface area contributed by atoms with Crippen LogP contribution in [0.25, 0.3) is 0 Å². The molecule has 11 heteroatoms. The van der Waals surface area contributed by atoms with Gasteiger partial charge in [0.2, 0.25) is 0 Å². The number of amidine groups is 1. The average molecular weight is 447 g/mol. The fraction of sp³-hybridized carbons (Fsp3) is 0.421. The van der Waals surface area contributed by atoms with E-state index in [1.54, 1.807) is 0 Å². The summed E-state index contributed by atoms with van der Waals surface area (Å²) in [6.07, 6.45) is 0.524. The molecule has 3 rings (SSSR count). The molecule has 0 saturated carbocycles. The number of hydrogen-bond acceptors (Lipinski definition) is 5. The molecular formula is C19H19ClF4N4O2. The number of Topliss-reactive ketones (excluding diaryl/α,β-unsaturated/α-hetero) is 1. The van der Waals surface area contributed by atoms with Gasteiger partial charge in [-0.2, -0.15) is 13.9 Å². The molecule has 6 nitrogen and oxygen atoms in total. The first kappa shape index (κ1) is 22.2. The summed E-state index contributed by atoms with van der Waals surface area (Å²) >= 11 is 5.83. The Morgan fingerprint density at radius 1 is 1.40 bits per heavy atom. The summed E-state index contributed by atoms with van der Waals surface area (Å²) in [6.45, 7) is -0.801. The lowest BCUT2D eigenvalue weighted by atomic mass is 9.78. The summed E-state index contributed by atoms with van der Waals surface area (Å²) in [4.78, 5) is 16.7. The minimum Gasteiger partial charge on any atom is -0.386 e. The molecule has 2 heterocycles. The summed E-state index contributed by atoms with van der Waals surface area (Å²) in [5, 5.41) is 3.26. The first-order chi connectivity index (χ1) is 13.9. The molecule has 0 radical (unpaired) electrons. The van der Waals surface area contributed by atoms with E-state index in [0.717, 1.165) is 12.3 Å². The Balaban J connectivity index is 1.97. The summed E-state index contributed by atoms with van der Waals surface area (Å²) in [5.41, 5.74) is 1.78. The van der Waals surface area contributed by atoms with E-state index in [1.807, 2.05) is 0 Å². The van der Waals surface area contributed by atoms with Crippen LogP contribution in [0.5, 0.6) is 0 Å². The van der Waals surface area contributed by atoms with Crippen LogP contribution in [0, 0.1) is 5.82 Å². The van der Waals surface area contributed by atoms with E-state index in [-0.39, 0.29) is 46.4 Å². The van der Waals surface area contributed by atoms with Crippen molar-refractivity contribution in [2.45, 2.75) is 38.0 Å². The van der Waals surface area contributed by atoms with Gasteiger partial charge in [0.1, 0.15) is 29.5 Å². The van der Waals surface area contributed by atoms with Crippen molar-refractivity contribution >= 4 is 23.2 Å². The van der Waals surface area contributed by atoms with Gasteiger partial charge >= 0.3 is 6.55 Å². The van der Waals surface area contributed by atoms with Gasteiger partial charge in [0.25, 0.3) is 0 Å². The maximum atomic E-state index is 15.4. The first-order valence-electron chi connectivity index (χ1n) is 8.90. The van der Waals surface area contributed by atoms with Gasteiger partial charge in [-0.1, -0.05) is 17.7 Å². The molecule has 2 N–H and O–H groups in total. The van der Waals surface area contributed by atoms with Crippen LogP contribution in [0.15, 0.2) is 29.4 Å². The van der Waals surface area contributed by atoms with Crippen LogP contribution in [0.4, 0.5) is 17.6 Å². The quantitative estimate of drug-likeness (QED) is 0.559. The summed E-state index contributed by atoms with van der Waals surface area (Å²) in [5.74, 6) is -1.39. The third-order valence-electron chi connectivity index (χ3n) is 5.08. The highest BCUT2D eigenvalue weighted by Crippen LogP contribution is 2.42. The number of aromatic nitrogens is 2. The highest BCUT2D eigenvalue weighted by atomic mass is 35.5. The lowest BCUT2D eigenvalue weighted by Gasteiger charge is -2.36. The fourth-order valence-corrected chi connectivity index (χ4v) is 3.49. The van der Waals surface area contributed by atoms with E-state index in [0.29, 0.717) is 5.56 Å². The Kier molecular flexibility index (Phi) is 5.92. The monoisotopic (exact) mass is 446 g/mol. The number of alkyl halides is 3. The van der Waals surface area contributed by atoms with E-state index in [1.165, 1.54) is 26.0 Å². The van der Waals surface area contributed by atoms with Crippen molar-refractivity contribution in [2.24, 2.45) is 10.7 Å². The second kappa shape index (κ2) is 7.99. The first-order valence-corrected chi connectivity index (χ1v) is 9.28. The maximum absolute atomic E-state index is 15.4. The van der Waals surface area contributed by atoms with Crippen LogP contribution in [0.2, 0.25) is 5.02 Å². The van der Waals surface area contributed by atoms with Gasteiger partial charge in [-0.15, -0.1) is 0 Å². The van der Waals surface area contributed by atoms with Crippen LogP contribution in [-0.4, -0.2) is 40.3 Å². The zero-order valence-electron chi connectivity index (χ0n) is 16.1. The summed E-state index contributed by atoms with van der Waals surface area (Å²) in [6, 6.07) is 3.70. The van der Waals surface area contributed by atoms with E-state index < -0.39 is 29.4 Å². The van der Waals surface area contributed by atoms with Gasteiger partial charge in [0.15, 0.2) is 11.5 Å². The second-order valence-corrected chi connectivity index (χ2v) is 7.77. The van der Waals surface area contributed by atoms with Crippen molar-refractivity contribution in [1.82, 2.24) is 9.78 Å². The molecular weight excluding hydrogens is 428 g/mol. The van der Waals surface area contributed by atoms with Gasteiger partial charge in [0, 0.05) is 12.0 Å². The van der Waals surface area contributed by atoms with E-state index in [2.05, 4.69) is 10.1 Å². The third-order valence-corrected chi connectivity index (χ3v) is 5.35. The van der Waals surface area contributed by atoms with E-state index in [4.69, 9.17) is 22.1 Å². The Bertz CT molecular complexity index is 1010. The van der Waals surface area contributed by atoms with Crippen molar-refractivity contribution in [1.29, 1.82) is 0 Å². The topological polar surface area (TPSA) is 82.5 Å². The molecule has 1 unspecified atom stereocenters. The number of aliphatic imine (C=N–C) groups is 1. The molecule has 162 valence electrons. The molecule has 1 aromatic carbocycles. The molecule has 0 bridgehead atoms. The molecule has 2 atom stereocenters. The van der Waals surface area contributed by atoms with Crippen LogP contribution in [0.1, 0.15) is 42.0 Å². The molecule has 1 aliphatic heterocycles. The number of carbonyl (C=O) groups excluding carboxylic acids is 1. The summed E-state index contributed by atoms with van der Waals surface area (Å²) in [7, 11) is 0. The van der Waals surface area contributed by atoms with Crippen molar-refractivity contribution in [3.05, 3.63) is 52.1 Å². The Hall–Kier alpha value is -2.46. The zero-order valence-corrected chi connectivity index (χ0v) is 16.9. The minimum absolute atomic E-state index is 0.00377. The number of nitrogens with zero attached hydrogens (tertiary/aromatic N) is 3. The largest absolute Gasteiger partial charge is 0.386 e. The van der Waals surface area contributed by atoms with Gasteiger partial charge in [-0.3, -0.25) is 9.79 Å². The SMILES string of the molecule is CC1(F)COCC(N)=N[C@]1(C)c1cc(CC(=O)c2nn(C(F)F)cc2Cl)ccc1F. The number of carbonyl (C=O) groups is 1. The molecule has 0 fully saturated rings. The molecule has 1 aromatic heterocycles. The van der Waals surface area contributed by atoms with Crippen molar-refractivity contribution in [3.63, 3.8) is 0 Å². The van der Waals surface area contributed by atoms with E-state index in [9.17, 15) is 18.0 Å². The number of halogens is 5. The molecule has 0 saturated heterocycles. The van der Waals surface area contributed by atoms with Crippen LogP contribution in [-0.2, 0) is 16.7 Å². The molecule has 1 aliphatic rings. The van der Waals surface area contributed by atoms with Gasteiger partial charge in [-0.25, -0.2) is 13.5 Å². The number of benzene rings is 1. The van der Waals surface area contributed by atoms with Gasteiger partial charge in [-0.05, 0) is 31.5 Å². The molecule has 2 aromatic rings. The number of hydrogen-bond donors (Lipinski definition) is 1. The standard InChI is InChI=1S/C19H19ClF4N4O2/c1-18(24)9-30-8-15(25)26-19(18,2)11-5-10(3-4-13(11)21)6-14(29)16-12(20)7-28(27-16)17(22)23/h3-5,7,17H,6,8-9H2,1-2H3,(H2,25,26)/t18?,19-/m1/s1. The number of ketones is 1. The maximum Gasteiger partial charge on any atom is 0.333 e. The predicted octanol–water partition coefficient (Wildman–Crippen LogP) is 3.83. The Morgan fingerprint density at radius 3 is 2.73 bits per heavy atom. The minimum atomic E-state index is -2.95. The lowest BCUT2D eigenvalue weighted by Crippen LogP contribution is -2.46. The summed E-state index contributed by atoms with van der Waals surface area (Å²) < 4.78 is 61.0. The Morgan fingerprint density at radius 2 is 2.10 bits per heavy atom. The highest BCUT2D eigenvalue weighted by Gasteiger charge is 2.50. The van der Waals surface area contributed by atoms with Crippen molar-refractivity contribution < 1.29 is 27.1 Å². The molecule has 0 spiro atoms. The lowest BCUT2D eigenvalue weighted by molar-refractivity contribution is -0.00109. The normalized spacial score (nSPS) is 24.6. The zero-order chi connectivity index (χ0) is 22.3. The number of nitrogens with two attached hydrogens (primary N) is 1. The van der Waals surface area contributed by atoms with Crippen LogP contribution < -0.4 is 5.73 Å². The number of ether oxygens (including phenoxy) is 1. The highest BCUT2D eigenvalue weighted by molar-refractivity contribution is 6.33. The average Bonchev–Trinajstić information content (AvgIpc) is 3.00. The second-order valence-electron chi connectivity index (χ2n) is 7.36. The van der Waals surface area contributed by atoms with Crippen molar-refractivity contribution in [3.8, 4) is 0 Å². The van der Waals surface area contributed by atoms with Crippen LogP contribution >= 0.6 is 11.6 Å². The molecule has 0 amide bonds. The van der Waals surface area contributed by atoms with Crippen LogP contribution in [0.3, 0.4) is 0 Å². The van der Waals surface area contributed by atoms with Crippen molar-refractivity contribution in [2.75, 3.05) is 13.2 Å². The predicted molar refractivity (Wildman–Crippen MR) is 102 cm³/mol. The molecule has 0 aliphatic carbocycles. The third kappa shape index (κ3) is 4.06.